The Morgan fingerprint density at radius 3 is 2.73 bits per heavy atom. The lowest BCUT2D eigenvalue weighted by atomic mass is 10.1. The van der Waals surface area contributed by atoms with Crippen LogP contribution >= 0.6 is 0 Å². The molecule has 0 fully saturated rings. The summed E-state index contributed by atoms with van der Waals surface area (Å²) in [7, 11) is 1.75. The van der Waals surface area contributed by atoms with Crippen molar-refractivity contribution in [1.29, 1.82) is 0 Å². The van der Waals surface area contributed by atoms with Gasteiger partial charge in [-0.25, -0.2) is 0 Å². The minimum atomic E-state index is 0.0114. The average Bonchev–Trinajstić information content (AvgIpc) is 2.92. The van der Waals surface area contributed by atoms with E-state index in [2.05, 4.69) is 5.16 Å². The summed E-state index contributed by atoms with van der Waals surface area (Å²) in [5.41, 5.74) is 1.65. The van der Waals surface area contributed by atoms with Crippen LogP contribution in [0.4, 0.5) is 0 Å². The molecule has 6 nitrogen and oxygen atoms in total. The van der Waals surface area contributed by atoms with E-state index >= 15 is 0 Å². The highest BCUT2D eigenvalue weighted by atomic mass is 16.6. The van der Waals surface area contributed by atoms with E-state index in [-0.39, 0.29) is 5.91 Å². The molecule has 0 spiro atoms. The number of fused-ring (bicyclic) bond motifs is 1. The fourth-order valence-corrected chi connectivity index (χ4v) is 2.33. The van der Waals surface area contributed by atoms with Crippen molar-refractivity contribution in [2.45, 2.75) is 19.9 Å². The number of carbonyl (C=O) groups is 1. The first-order valence-electron chi connectivity index (χ1n) is 7.16. The van der Waals surface area contributed by atoms with Gasteiger partial charge in [-0.3, -0.25) is 4.79 Å². The summed E-state index contributed by atoms with van der Waals surface area (Å²) in [6.45, 7) is 3.36. The fraction of sp³-hybridized carbons (Fsp3) is 0.375. The minimum Gasteiger partial charge on any atom is -0.486 e. The molecule has 0 atom stereocenters. The summed E-state index contributed by atoms with van der Waals surface area (Å²) in [5.74, 6) is 2.18. The van der Waals surface area contributed by atoms with Crippen molar-refractivity contribution in [3.63, 3.8) is 0 Å². The van der Waals surface area contributed by atoms with Crippen molar-refractivity contribution in [2.24, 2.45) is 0 Å². The molecule has 22 heavy (non-hydrogen) atoms. The monoisotopic (exact) mass is 302 g/mol. The molecule has 0 saturated heterocycles. The molecule has 1 aliphatic heterocycles. The SMILES string of the molecule is Cc1cc(CN(C)C(=O)Cc2ccc3c(c2)OCCO3)no1. The van der Waals surface area contributed by atoms with Gasteiger partial charge in [0.05, 0.1) is 13.0 Å². The van der Waals surface area contributed by atoms with Crippen LogP contribution in [-0.2, 0) is 17.8 Å². The Morgan fingerprint density at radius 1 is 1.23 bits per heavy atom. The second kappa shape index (κ2) is 6.09. The van der Waals surface area contributed by atoms with E-state index in [1.165, 1.54) is 0 Å². The Kier molecular flexibility index (Phi) is 4.00. The number of hydrogen-bond donors (Lipinski definition) is 0. The lowest BCUT2D eigenvalue weighted by molar-refractivity contribution is -0.129. The van der Waals surface area contributed by atoms with Gasteiger partial charge in [0.25, 0.3) is 0 Å². The standard InChI is InChI=1S/C16H18N2O4/c1-11-7-13(17-22-11)10-18(2)16(19)9-12-3-4-14-15(8-12)21-6-5-20-14/h3-4,7-8H,5-6,9-10H2,1-2H3. The summed E-state index contributed by atoms with van der Waals surface area (Å²) >= 11 is 0. The van der Waals surface area contributed by atoms with Gasteiger partial charge in [-0.05, 0) is 24.6 Å². The number of benzene rings is 1. The predicted molar refractivity (Wildman–Crippen MR) is 78.9 cm³/mol. The summed E-state index contributed by atoms with van der Waals surface area (Å²) < 4.78 is 16.0. The maximum absolute atomic E-state index is 12.3. The second-order valence-corrected chi connectivity index (χ2v) is 5.33. The average molecular weight is 302 g/mol. The highest BCUT2D eigenvalue weighted by Gasteiger charge is 2.16. The Bertz CT molecular complexity index is 681. The third-order valence-electron chi connectivity index (χ3n) is 3.46. The summed E-state index contributed by atoms with van der Waals surface area (Å²) in [6, 6.07) is 7.42. The highest BCUT2D eigenvalue weighted by Crippen LogP contribution is 2.30. The number of aromatic nitrogens is 1. The quantitative estimate of drug-likeness (QED) is 0.864. The van der Waals surface area contributed by atoms with Gasteiger partial charge in [0, 0.05) is 13.1 Å². The van der Waals surface area contributed by atoms with Crippen LogP contribution in [-0.4, -0.2) is 36.2 Å². The fourth-order valence-electron chi connectivity index (χ4n) is 2.33. The number of rotatable bonds is 4. The van der Waals surface area contributed by atoms with Crippen LogP contribution in [0.15, 0.2) is 28.8 Å². The van der Waals surface area contributed by atoms with Gasteiger partial charge in [-0.15, -0.1) is 0 Å². The van der Waals surface area contributed by atoms with Crippen LogP contribution in [0.2, 0.25) is 0 Å². The zero-order valence-corrected chi connectivity index (χ0v) is 12.7. The molecule has 0 bridgehead atoms. The van der Waals surface area contributed by atoms with Crippen molar-refractivity contribution in [3.8, 4) is 11.5 Å². The molecule has 0 aliphatic carbocycles. The van der Waals surface area contributed by atoms with Gasteiger partial charge in [-0.2, -0.15) is 0 Å². The first kappa shape index (κ1) is 14.4. The Morgan fingerprint density at radius 2 is 2.00 bits per heavy atom. The number of aryl methyl sites for hydroxylation is 1. The zero-order valence-electron chi connectivity index (χ0n) is 12.7. The molecule has 1 aromatic carbocycles. The summed E-state index contributed by atoms with van der Waals surface area (Å²) in [6.07, 6.45) is 0.309. The minimum absolute atomic E-state index is 0.0114. The van der Waals surface area contributed by atoms with E-state index in [0.29, 0.717) is 31.9 Å². The van der Waals surface area contributed by atoms with E-state index in [0.717, 1.165) is 22.8 Å². The number of hydrogen-bond acceptors (Lipinski definition) is 5. The van der Waals surface area contributed by atoms with Gasteiger partial charge in [-0.1, -0.05) is 11.2 Å². The Labute approximate surface area is 128 Å². The molecule has 1 amide bonds. The molecule has 0 N–H and O–H groups in total. The van der Waals surface area contributed by atoms with Crippen LogP contribution in [0, 0.1) is 6.92 Å². The first-order chi connectivity index (χ1) is 10.6. The van der Waals surface area contributed by atoms with Crippen molar-refractivity contribution < 1.29 is 18.8 Å². The van der Waals surface area contributed by atoms with E-state index in [1.54, 1.807) is 11.9 Å². The Hall–Kier alpha value is -2.50. The highest BCUT2D eigenvalue weighted by molar-refractivity contribution is 5.78. The molecular weight excluding hydrogens is 284 g/mol. The van der Waals surface area contributed by atoms with Gasteiger partial charge < -0.3 is 18.9 Å². The van der Waals surface area contributed by atoms with Crippen LogP contribution in [0.25, 0.3) is 0 Å². The van der Waals surface area contributed by atoms with Gasteiger partial charge in [0.2, 0.25) is 5.91 Å². The van der Waals surface area contributed by atoms with Gasteiger partial charge >= 0.3 is 0 Å². The summed E-state index contributed by atoms with van der Waals surface area (Å²) in [5, 5.41) is 3.90. The Balaban J connectivity index is 1.63. The normalized spacial score (nSPS) is 13.0. The third kappa shape index (κ3) is 3.21. The summed E-state index contributed by atoms with van der Waals surface area (Å²) in [4.78, 5) is 13.9. The lowest BCUT2D eigenvalue weighted by Crippen LogP contribution is -2.28. The number of nitrogens with zero attached hydrogens (tertiary/aromatic N) is 2. The maximum atomic E-state index is 12.3. The van der Waals surface area contributed by atoms with Crippen LogP contribution in [0.1, 0.15) is 17.0 Å². The molecular formula is C16H18N2O4. The number of likely N-dealkylation sites (N-methyl/N-ethyl adjacent to an activating group) is 1. The van der Waals surface area contributed by atoms with E-state index in [4.69, 9.17) is 14.0 Å². The number of amides is 1. The molecule has 1 aliphatic rings. The maximum Gasteiger partial charge on any atom is 0.227 e. The first-order valence-corrected chi connectivity index (χ1v) is 7.16. The molecule has 0 radical (unpaired) electrons. The zero-order chi connectivity index (χ0) is 15.5. The largest absolute Gasteiger partial charge is 0.486 e. The van der Waals surface area contributed by atoms with E-state index < -0.39 is 0 Å². The molecule has 0 unspecified atom stereocenters. The molecule has 116 valence electrons. The van der Waals surface area contributed by atoms with Crippen molar-refractivity contribution in [1.82, 2.24) is 10.1 Å². The number of ether oxygens (including phenoxy) is 2. The topological polar surface area (TPSA) is 64.8 Å². The van der Waals surface area contributed by atoms with E-state index in [1.807, 2.05) is 31.2 Å². The molecule has 2 aromatic rings. The predicted octanol–water partition coefficient (Wildman–Crippen LogP) is 1.96. The van der Waals surface area contributed by atoms with E-state index in [9.17, 15) is 4.79 Å². The van der Waals surface area contributed by atoms with Crippen molar-refractivity contribution >= 4 is 5.91 Å². The smallest absolute Gasteiger partial charge is 0.227 e. The lowest BCUT2D eigenvalue weighted by Gasteiger charge is -2.19. The van der Waals surface area contributed by atoms with Gasteiger partial charge in [0.15, 0.2) is 11.5 Å². The van der Waals surface area contributed by atoms with Crippen LogP contribution in [0.3, 0.4) is 0 Å². The van der Waals surface area contributed by atoms with Crippen molar-refractivity contribution in [2.75, 3.05) is 20.3 Å². The molecule has 3 rings (SSSR count). The van der Waals surface area contributed by atoms with Crippen LogP contribution < -0.4 is 9.47 Å². The molecule has 6 heteroatoms. The van der Waals surface area contributed by atoms with Gasteiger partial charge in [0.1, 0.15) is 24.7 Å². The van der Waals surface area contributed by atoms with Crippen molar-refractivity contribution in [3.05, 3.63) is 41.3 Å². The van der Waals surface area contributed by atoms with Crippen LogP contribution in [0.5, 0.6) is 11.5 Å². The molecule has 1 aromatic heterocycles. The molecule has 2 heterocycles. The third-order valence-corrected chi connectivity index (χ3v) is 3.46. The molecule has 0 saturated carbocycles. The number of carbonyl (C=O) groups excluding carboxylic acids is 1. The second-order valence-electron chi connectivity index (χ2n) is 5.33.